The minimum absolute atomic E-state index is 0.402. The van der Waals surface area contributed by atoms with Gasteiger partial charge in [-0.25, -0.2) is 0 Å². The zero-order valence-corrected chi connectivity index (χ0v) is 15.9. The molecule has 129 valence electrons. The van der Waals surface area contributed by atoms with Crippen molar-refractivity contribution < 1.29 is 5.11 Å². The van der Waals surface area contributed by atoms with E-state index in [0.29, 0.717) is 5.75 Å². The zero-order valence-electron chi connectivity index (χ0n) is 15.0. The van der Waals surface area contributed by atoms with Crippen molar-refractivity contribution in [3.63, 3.8) is 0 Å². The first kappa shape index (κ1) is 17.0. The molecule has 3 saturated carbocycles. The Morgan fingerprint density at radius 1 is 0.667 bits per heavy atom. The van der Waals surface area contributed by atoms with Crippen LogP contribution >= 0.6 is 7.14 Å². The summed E-state index contributed by atoms with van der Waals surface area (Å²) >= 11 is 0. The van der Waals surface area contributed by atoms with Crippen LogP contribution < -0.4 is 5.46 Å². The summed E-state index contributed by atoms with van der Waals surface area (Å²) in [5.41, 5.74) is 4.43. The fourth-order valence-electron chi connectivity index (χ4n) is 6.08. The summed E-state index contributed by atoms with van der Waals surface area (Å²) in [5.74, 6) is 0.402. The molecule has 1 radical (unpaired) electrons. The van der Waals surface area contributed by atoms with Crippen LogP contribution in [0.2, 0.25) is 0 Å². The maximum Gasteiger partial charge on any atom is 0.396 e. The predicted octanol–water partition coefficient (Wildman–Crippen LogP) is 5.48. The average Bonchev–Trinajstić information content (AvgIpc) is 3.37. The molecule has 4 rings (SSSR count). The highest BCUT2D eigenvalue weighted by Crippen LogP contribution is 2.77. The van der Waals surface area contributed by atoms with Gasteiger partial charge in [-0.15, -0.1) is 0 Å². The lowest BCUT2D eigenvalue weighted by atomic mass is 9.94. The Labute approximate surface area is 149 Å². The van der Waals surface area contributed by atoms with Gasteiger partial charge in [0.15, 0.2) is 0 Å². The molecule has 0 heterocycles. The van der Waals surface area contributed by atoms with Gasteiger partial charge in [-0.05, 0) is 102 Å². The fraction of sp³-hybridized carbons (Fsp3) is 0.714. The highest BCUT2D eigenvalue weighted by atomic mass is 31.2. The Balaban J connectivity index is 1.71. The maximum absolute atomic E-state index is 9.68. The van der Waals surface area contributed by atoms with Gasteiger partial charge in [0.25, 0.3) is 0 Å². The van der Waals surface area contributed by atoms with Crippen LogP contribution in [-0.4, -0.2) is 29.1 Å². The van der Waals surface area contributed by atoms with Gasteiger partial charge in [0.2, 0.25) is 0 Å². The van der Waals surface area contributed by atoms with Crippen molar-refractivity contribution in [1.29, 1.82) is 0 Å². The summed E-state index contributed by atoms with van der Waals surface area (Å²) in [5, 5.41) is 9.68. The van der Waals surface area contributed by atoms with Crippen molar-refractivity contribution in [2.75, 3.05) is 0 Å². The van der Waals surface area contributed by atoms with E-state index in [1.807, 2.05) is 12.1 Å². The topological polar surface area (TPSA) is 20.2 Å². The van der Waals surface area contributed by atoms with Crippen LogP contribution in [0.25, 0.3) is 0 Å². The first-order chi connectivity index (χ1) is 11.8. The molecule has 0 aromatic heterocycles. The normalized spacial score (nSPS) is 24.0. The second kappa shape index (κ2) is 7.41. The molecule has 1 nitrogen and oxygen atoms in total. The third kappa shape index (κ3) is 3.16. The molecule has 24 heavy (non-hydrogen) atoms. The van der Waals surface area contributed by atoms with Crippen molar-refractivity contribution >= 4 is 19.6 Å². The maximum atomic E-state index is 9.68. The van der Waals surface area contributed by atoms with Gasteiger partial charge in [-0.2, -0.15) is 0 Å². The minimum atomic E-state index is -1.08. The lowest BCUT2D eigenvalue weighted by Crippen LogP contribution is -2.37. The van der Waals surface area contributed by atoms with Crippen molar-refractivity contribution in [2.45, 2.75) is 94.0 Å². The Hall–Kier alpha value is -0.485. The van der Waals surface area contributed by atoms with E-state index in [1.165, 1.54) is 82.5 Å². The van der Waals surface area contributed by atoms with E-state index in [1.54, 1.807) is 0 Å². The third-order valence-electron chi connectivity index (χ3n) is 7.14. The number of phenols is 1. The fourth-order valence-corrected chi connectivity index (χ4v) is 13.0. The molecule has 3 aliphatic rings. The van der Waals surface area contributed by atoms with Crippen LogP contribution in [0.15, 0.2) is 24.3 Å². The summed E-state index contributed by atoms with van der Waals surface area (Å²) in [6, 6.07) is 8.11. The van der Waals surface area contributed by atoms with Gasteiger partial charge in [0.05, 0.1) is 17.0 Å². The smallest absolute Gasteiger partial charge is 0.396 e. The van der Waals surface area contributed by atoms with Crippen molar-refractivity contribution in [2.24, 2.45) is 0 Å². The van der Waals surface area contributed by atoms with Crippen molar-refractivity contribution in [1.82, 2.24) is 0 Å². The molecule has 0 atom stereocenters. The van der Waals surface area contributed by atoms with Crippen LogP contribution in [0.4, 0.5) is 0 Å². The molecule has 0 unspecified atom stereocenters. The monoisotopic (exact) mass is 342 g/mol. The van der Waals surface area contributed by atoms with E-state index < -0.39 is 7.14 Å². The Morgan fingerprint density at radius 3 is 1.42 bits per heavy atom. The van der Waals surface area contributed by atoms with Gasteiger partial charge in [-0.3, -0.25) is 0 Å². The lowest BCUT2D eigenvalue weighted by Gasteiger charge is -2.42. The van der Waals surface area contributed by atoms with Crippen LogP contribution in [0, 0.1) is 0 Å². The predicted molar refractivity (Wildman–Crippen MR) is 107 cm³/mol. The average molecular weight is 342 g/mol. The van der Waals surface area contributed by atoms with Crippen LogP contribution in [-0.2, 0) is 0 Å². The lowest BCUT2D eigenvalue weighted by molar-refractivity contribution is 0.475. The summed E-state index contributed by atoms with van der Waals surface area (Å²) in [7, 11) is -1.08. The largest absolute Gasteiger partial charge is 0.508 e. The highest BCUT2D eigenvalue weighted by Gasteiger charge is 2.58. The summed E-state index contributed by atoms with van der Waals surface area (Å²) in [6.45, 7) is 2.81. The molecular formula is C21H32BOP+. The SMILES string of the molecule is Oc1ccc([B][P+](C2CCCC2)(C2CCCC2)C2CCCC2)cc1. The standard InChI is InChI=1S/C21H32BOP/c23-18-15-13-17(14-16-18)22-24(19-7-1-2-8-19,20-9-3-4-10-20)21-11-5-6-12-21/h13-16,19-21,23H,1-12H2/q+1. The highest BCUT2D eigenvalue weighted by molar-refractivity contribution is 8.03. The second-order valence-corrected chi connectivity index (χ2v) is 12.7. The second-order valence-electron chi connectivity index (χ2n) is 8.43. The van der Waals surface area contributed by atoms with Crippen LogP contribution in [0.1, 0.15) is 77.0 Å². The Kier molecular flexibility index (Phi) is 5.23. The molecule has 0 saturated heterocycles. The number of hydrogen-bond donors (Lipinski definition) is 1. The van der Waals surface area contributed by atoms with E-state index in [-0.39, 0.29) is 0 Å². The summed E-state index contributed by atoms with van der Waals surface area (Å²) in [6.07, 6.45) is 17.8. The third-order valence-corrected chi connectivity index (χ3v) is 13.2. The van der Waals surface area contributed by atoms with Crippen molar-refractivity contribution in [3.05, 3.63) is 24.3 Å². The molecule has 0 amide bonds. The Morgan fingerprint density at radius 2 is 1.04 bits per heavy atom. The molecule has 0 spiro atoms. The summed E-state index contributed by atoms with van der Waals surface area (Å²) in [4.78, 5) is 0. The first-order valence-corrected chi connectivity index (χ1v) is 12.4. The molecular weight excluding hydrogens is 310 g/mol. The summed E-state index contributed by atoms with van der Waals surface area (Å²) < 4.78 is 0. The van der Waals surface area contributed by atoms with Gasteiger partial charge < -0.3 is 5.11 Å². The van der Waals surface area contributed by atoms with E-state index in [9.17, 15) is 5.11 Å². The van der Waals surface area contributed by atoms with Gasteiger partial charge in [0, 0.05) is 0 Å². The van der Waals surface area contributed by atoms with Gasteiger partial charge in [0.1, 0.15) is 5.75 Å². The van der Waals surface area contributed by atoms with Crippen LogP contribution in [0.5, 0.6) is 5.75 Å². The van der Waals surface area contributed by atoms with Gasteiger partial charge >= 0.3 is 7.00 Å². The number of hydrogen-bond acceptors (Lipinski definition) is 1. The molecule has 0 aliphatic heterocycles. The van der Waals surface area contributed by atoms with E-state index in [4.69, 9.17) is 0 Å². The van der Waals surface area contributed by atoms with E-state index in [2.05, 4.69) is 19.1 Å². The minimum Gasteiger partial charge on any atom is -0.508 e. The molecule has 1 aromatic carbocycles. The number of benzene rings is 1. The molecule has 1 N–H and O–H groups in total. The molecule has 1 aromatic rings. The number of aromatic hydroxyl groups is 1. The number of phenolic OH excluding ortho intramolecular Hbond substituents is 1. The zero-order chi connectivity index (χ0) is 16.4. The molecule has 3 aliphatic carbocycles. The molecule has 0 bridgehead atoms. The van der Waals surface area contributed by atoms with E-state index in [0.717, 1.165) is 17.0 Å². The van der Waals surface area contributed by atoms with Crippen molar-refractivity contribution in [3.8, 4) is 5.75 Å². The Bertz CT molecular complexity index is 484. The molecule has 3 fully saturated rings. The number of rotatable bonds is 5. The quantitative estimate of drug-likeness (QED) is 0.555. The van der Waals surface area contributed by atoms with Gasteiger partial charge in [-0.1, -0.05) is 12.1 Å². The molecule has 3 heteroatoms. The van der Waals surface area contributed by atoms with E-state index >= 15 is 0 Å². The van der Waals surface area contributed by atoms with Crippen LogP contribution in [0.3, 0.4) is 0 Å². The first-order valence-electron chi connectivity index (χ1n) is 10.3.